The number of amides is 1. The lowest BCUT2D eigenvalue weighted by atomic mass is 9.87. The summed E-state index contributed by atoms with van der Waals surface area (Å²) in [5.41, 5.74) is 0.376. The first-order chi connectivity index (χ1) is 23.2. The van der Waals surface area contributed by atoms with Crippen LogP contribution in [0.4, 0.5) is 10.1 Å². The maximum Gasteiger partial charge on any atom is 0.308 e. The van der Waals surface area contributed by atoms with Crippen LogP contribution in [0.15, 0.2) is 48.7 Å². The highest BCUT2D eigenvalue weighted by Gasteiger charge is 2.56. The minimum absolute atomic E-state index is 0.0479. The van der Waals surface area contributed by atoms with Crippen LogP contribution in [-0.2, 0) is 30.2 Å². The van der Waals surface area contributed by atoms with E-state index in [1.807, 2.05) is 23.1 Å². The molecule has 1 saturated carbocycles. The molecule has 0 bridgehead atoms. The lowest BCUT2D eigenvalue weighted by Gasteiger charge is -2.55. The summed E-state index contributed by atoms with van der Waals surface area (Å²) in [4.78, 5) is 48.5. The molecule has 3 heterocycles. The highest BCUT2D eigenvalue weighted by atomic mass is 35.5. The van der Waals surface area contributed by atoms with E-state index < -0.39 is 17.6 Å². The van der Waals surface area contributed by atoms with Crippen molar-refractivity contribution in [2.45, 2.75) is 69.9 Å². The molecule has 3 fully saturated rings. The van der Waals surface area contributed by atoms with Gasteiger partial charge in [0.1, 0.15) is 11.5 Å². The van der Waals surface area contributed by atoms with Crippen molar-refractivity contribution < 1.29 is 33.0 Å². The summed E-state index contributed by atoms with van der Waals surface area (Å²) in [5.74, 6) is -3.28. The molecular formula is C36H42ClFN4O6. The number of fused-ring (bicyclic) bond motifs is 1. The molecule has 0 spiro atoms. The van der Waals surface area contributed by atoms with Crippen molar-refractivity contribution >= 4 is 45.7 Å². The number of ether oxygens (including phenoxy) is 3. The third-order valence-electron chi connectivity index (χ3n) is 9.76. The van der Waals surface area contributed by atoms with Gasteiger partial charge in [-0.2, -0.15) is 0 Å². The average molecular weight is 681 g/mol. The predicted octanol–water partition coefficient (Wildman–Crippen LogP) is 5.61. The van der Waals surface area contributed by atoms with Crippen molar-refractivity contribution in [3.8, 4) is 0 Å². The van der Waals surface area contributed by atoms with E-state index >= 15 is 4.39 Å². The fraction of sp³-hybridized carbons (Fsp3) is 0.500. The summed E-state index contributed by atoms with van der Waals surface area (Å²) in [6.45, 7) is 4.45. The Bertz CT molecular complexity index is 1650. The first-order valence-electron chi connectivity index (χ1n) is 16.8. The number of rotatable bonds is 12. The van der Waals surface area contributed by atoms with Crippen molar-refractivity contribution in [3.05, 3.63) is 70.8 Å². The molecule has 48 heavy (non-hydrogen) atoms. The molecule has 1 aliphatic carbocycles. The largest absolute Gasteiger partial charge is 0.466 e. The van der Waals surface area contributed by atoms with Crippen LogP contribution in [0.25, 0.3) is 10.8 Å². The summed E-state index contributed by atoms with van der Waals surface area (Å²) < 4.78 is 33.5. The number of aromatic nitrogens is 1. The molecule has 256 valence electrons. The van der Waals surface area contributed by atoms with Crippen molar-refractivity contribution in [3.63, 3.8) is 0 Å². The Morgan fingerprint density at radius 2 is 1.75 bits per heavy atom. The van der Waals surface area contributed by atoms with Crippen molar-refractivity contribution in [2.75, 3.05) is 45.2 Å². The number of Topliss-reactive ketones (excluding diaryl/α,β-unsaturated/α-hetero) is 1. The van der Waals surface area contributed by atoms with Gasteiger partial charge in [-0.1, -0.05) is 35.9 Å². The van der Waals surface area contributed by atoms with Gasteiger partial charge in [0, 0.05) is 51.3 Å². The quantitative estimate of drug-likeness (QED) is 0.244. The maximum atomic E-state index is 15.8. The molecule has 0 radical (unpaired) electrons. The number of hydrogen-bond donors (Lipinski definition) is 1. The fourth-order valence-electron chi connectivity index (χ4n) is 7.12. The van der Waals surface area contributed by atoms with Crippen LogP contribution < -0.4 is 5.32 Å². The SMILES string of the molecule is CCOC(=O)C1CCC(OC(C(=O)Cc2cc(Cl)c(NC(=O)c3nccc4ccccc34)cc2F)(N2CCCC2)N2CC(OC)C2)CC1. The van der Waals surface area contributed by atoms with Crippen LogP contribution in [0.1, 0.15) is 61.5 Å². The van der Waals surface area contributed by atoms with Gasteiger partial charge in [-0.15, -0.1) is 0 Å². The van der Waals surface area contributed by atoms with Gasteiger partial charge in [-0.3, -0.25) is 29.2 Å². The number of benzene rings is 2. The molecule has 1 N–H and O–H groups in total. The number of pyridine rings is 1. The second kappa shape index (κ2) is 15.0. The third-order valence-corrected chi connectivity index (χ3v) is 10.1. The number of hydrogen-bond acceptors (Lipinski definition) is 9. The molecule has 2 aliphatic heterocycles. The van der Waals surface area contributed by atoms with Crippen molar-refractivity contribution in [1.82, 2.24) is 14.8 Å². The van der Waals surface area contributed by atoms with Crippen molar-refractivity contribution in [2.24, 2.45) is 5.92 Å². The molecule has 1 unspecified atom stereocenters. The van der Waals surface area contributed by atoms with E-state index in [0.29, 0.717) is 63.9 Å². The number of likely N-dealkylation sites (tertiary alicyclic amines) is 2. The lowest BCUT2D eigenvalue weighted by molar-refractivity contribution is -0.282. The molecule has 10 nitrogen and oxygen atoms in total. The number of carbonyl (C=O) groups excluding carboxylic acids is 3. The standard InChI is InChI=1S/C36H42ClFN4O6/c1-3-47-35(45)24-10-12-26(13-11-24)48-36(41-16-6-7-17-41,42-21-27(22-42)46-2)32(43)19-25-18-29(37)31(20-30(25)38)40-34(44)33-28-9-5-4-8-23(28)14-15-39-33/h4-5,8-9,14-15,18,20,24,26-27H,3,6-7,10-13,16-17,19,21-22H2,1-2H3,(H,40,44). The molecule has 3 aliphatic rings. The fourth-order valence-corrected chi connectivity index (χ4v) is 7.35. The second-order valence-corrected chi connectivity index (χ2v) is 13.2. The van der Waals surface area contributed by atoms with Gasteiger partial charge in [-0.05, 0) is 74.6 Å². The van der Waals surface area contributed by atoms with Gasteiger partial charge >= 0.3 is 5.97 Å². The Hall–Kier alpha value is -3.48. The molecule has 1 amide bonds. The smallest absolute Gasteiger partial charge is 0.308 e. The number of carbonyl (C=O) groups is 3. The van der Waals surface area contributed by atoms with Crippen LogP contribution >= 0.6 is 11.6 Å². The molecule has 3 aromatic rings. The number of nitrogens with one attached hydrogen (secondary N) is 1. The first-order valence-corrected chi connectivity index (χ1v) is 17.1. The summed E-state index contributed by atoms with van der Waals surface area (Å²) in [5, 5.41) is 4.29. The number of anilines is 1. The van der Waals surface area contributed by atoms with E-state index in [1.165, 1.54) is 6.07 Å². The zero-order chi connectivity index (χ0) is 33.8. The predicted molar refractivity (Wildman–Crippen MR) is 179 cm³/mol. The molecule has 12 heteroatoms. The van der Waals surface area contributed by atoms with E-state index in [1.54, 1.807) is 32.4 Å². The zero-order valence-electron chi connectivity index (χ0n) is 27.4. The topological polar surface area (TPSA) is 110 Å². The number of nitrogens with zero attached hydrogens (tertiary/aromatic N) is 3. The molecule has 6 rings (SSSR count). The van der Waals surface area contributed by atoms with Gasteiger partial charge in [0.2, 0.25) is 5.85 Å². The van der Waals surface area contributed by atoms with Crippen LogP contribution in [0.3, 0.4) is 0 Å². The minimum atomic E-state index is -1.42. The van der Waals surface area contributed by atoms with Gasteiger partial charge in [0.05, 0.1) is 35.4 Å². The van der Waals surface area contributed by atoms with Gasteiger partial charge in [0.25, 0.3) is 5.91 Å². The number of ketones is 1. The van der Waals surface area contributed by atoms with Crippen LogP contribution in [0.5, 0.6) is 0 Å². The second-order valence-electron chi connectivity index (χ2n) is 12.8. The first kappa shape index (κ1) is 34.4. The monoisotopic (exact) mass is 680 g/mol. The highest BCUT2D eigenvalue weighted by molar-refractivity contribution is 6.34. The van der Waals surface area contributed by atoms with Gasteiger partial charge in [0.15, 0.2) is 5.78 Å². The van der Waals surface area contributed by atoms with Crippen LogP contribution in [0.2, 0.25) is 5.02 Å². The van der Waals surface area contributed by atoms with Crippen LogP contribution in [0, 0.1) is 11.7 Å². The zero-order valence-corrected chi connectivity index (χ0v) is 28.1. The number of halogens is 2. The molecule has 1 atom stereocenters. The van der Waals surface area contributed by atoms with E-state index in [2.05, 4.69) is 15.2 Å². The Labute approximate surface area is 284 Å². The minimum Gasteiger partial charge on any atom is -0.466 e. The summed E-state index contributed by atoms with van der Waals surface area (Å²) in [6.07, 6.45) is 5.21. The van der Waals surface area contributed by atoms with E-state index in [4.69, 9.17) is 25.8 Å². The average Bonchev–Trinajstić information content (AvgIpc) is 3.62. The maximum absolute atomic E-state index is 15.8. The van der Waals surface area contributed by atoms with Gasteiger partial charge in [-0.25, -0.2) is 4.39 Å². The molecule has 2 saturated heterocycles. The van der Waals surface area contributed by atoms with Crippen LogP contribution in [-0.4, -0.2) is 90.4 Å². The molecule has 1 aromatic heterocycles. The Morgan fingerprint density at radius 1 is 1.02 bits per heavy atom. The normalized spacial score (nSPS) is 21.8. The Morgan fingerprint density at radius 3 is 2.46 bits per heavy atom. The molecular weight excluding hydrogens is 639 g/mol. The highest BCUT2D eigenvalue weighted by Crippen LogP contribution is 2.39. The van der Waals surface area contributed by atoms with E-state index in [0.717, 1.165) is 24.3 Å². The third kappa shape index (κ3) is 6.97. The summed E-state index contributed by atoms with van der Waals surface area (Å²) in [7, 11) is 1.65. The number of methoxy groups -OCH3 is 1. The van der Waals surface area contributed by atoms with Gasteiger partial charge < -0.3 is 19.5 Å². The van der Waals surface area contributed by atoms with Crippen molar-refractivity contribution in [1.29, 1.82) is 0 Å². The summed E-state index contributed by atoms with van der Waals surface area (Å²) in [6, 6.07) is 11.7. The van der Waals surface area contributed by atoms with E-state index in [9.17, 15) is 14.4 Å². The molecule has 2 aromatic carbocycles. The van der Waals surface area contributed by atoms with E-state index in [-0.39, 0.29) is 58.3 Å². The Kier molecular flexibility index (Phi) is 10.7. The number of esters is 1. The Balaban J connectivity index is 1.24. The lowest BCUT2D eigenvalue weighted by Crippen LogP contribution is -2.74. The summed E-state index contributed by atoms with van der Waals surface area (Å²) >= 11 is 6.61.